The minimum atomic E-state index is -2.56. The van der Waals surface area contributed by atoms with E-state index < -0.39 is 23.2 Å². The van der Waals surface area contributed by atoms with Gasteiger partial charge in [-0.05, 0) is 83.7 Å². The van der Waals surface area contributed by atoms with Gasteiger partial charge in [-0.2, -0.15) is 5.10 Å². The summed E-state index contributed by atoms with van der Waals surface area (Å²) in [6.45, 7) is 14.6. The quantitative estimate of drug-likeness (QED) is 0.395. The summed E-state index contributed by atoms with van der Waals surface area (Å²) in [4.78, 5) is 4.11. The molecule has 2 aromatic rings. The first-order chi connectivity index (χ1) is 17.3. The van der Waals surface area contributed by atoms with Gasteiger partial charge in [0, 0.05) is 4.75 Å². The number of fused-ring (bicyclic) bond motifs is 3. The van der Waals surface area contributed by atoms with E-state index in [1.807, 2.05) is 32.9 Å². The Bertz CT molecular complexity index is 1310. The maximum Gasteiger partial charge on any atom is 0.248 e. The number of hydrogen-bond donors (Lipinski definition) is 1. The number of nitrogen functional groups attached to an aromatic ring is 1. The molecule has 3 saturated heterocycles. The van der Waals surface area contributed by atoms with E-state index >= 15 is 0 Å². The van der Waals surface area contributed by atoms with Crippen LogP contribution in [0.2, 0.25) is 0 Å². The third kappa shape index (κ3) is 4.30. The summed E-state index contributed by atoms with van der Waals surface area (Å²) in [6.07, 6.45) is 3.50. The van der Waals surface area contributed by atoms with E-state index in [4.69, 9.17) is 40.8 Å². The maximum atomic E-state index is 6.70. The zero-order valence-electron chi connectivity index (χ0n) is 21.9. The summed E-state index contributed by atoms with van der Waals surface area (Å²) in [5.41, 5.74) is 5.41. The fraction of sp³-hybridized carbons (Fsp3) is 0.680. The van der Waals surface area contributed by atoms with Crippen LogP contribution in [-0.4, -0.2) is 56.2 Å². The topological polar surface area (TPSA) is 102 Å². The second kappa shape index (κ2) is 8.73. The van der Waals surface area contributed by atoms with Gasteiger partial charge >= 0.3 is 0 Å². The smallest absolute Gasteiger partial charge is 0.248 e. The highest BCUT2D eigenvalue weighted by Gasteiger charge is 2.63. The van der Waals surface area contributed by atoms with E-state index in [1.54, 1.807) is 15.9 Å². The van der Waals surface area contributed by atoms with Crippen LogP contribution in [0.15, 0.2) is 30.6 Å². The molecule has 0 bridgehead atoms. The standard InChI is InChI=1S/C25H35N4O5PS2/c1-14(2)15-9-10-24(5)19(11-15)34-35(36,37-24)30-12-17-20-21(33-23(3,4)32-20)25(6,31-17)18-8-7-16-22(26)27-13-28-29(16)18/h7-8,13,15,17,19-21H,1,9-12H2,2-6H3,(H2,26,27,28)/t15-,17+,19+,20+,21+,24+,25-,35-/m0/s1. The Balaban J connectivity index is 1.24. The monoisotopic (exact) mass is 566 g/mol. The summed E-state index contributed by atoms with van der Waals surface area (Å²) in [5.74, 6) is 0.111. The van der Waals surface area contributed by atoms with Crippen LogP contribution in [-0.2, 0) is 40.7 Å². The van der Waals surface area contributed by atoms with Crippen LogP contribution in [0.4, 0.5) is 5.82 Å². The number of rotatable bonds is 5. The zero-order chi connectivity index (χ0) is 26.4. The largest absolute Gasteiger partial charge is 0.382 e. The molecule has 6 rings (SSSR count). The molecule has 12 heteroatoms. The van der Waals surface area contributed by atoms with E-state index in [-0.39, 0.29) is 29.7 Å². The van der Waals surface area contributed by atoms with Crippen molar-refractivity contribution in [1.29, 1.82) is 0 Å². The third-order valence-electron chi connectivity index (χ3n) is 8.26. The van der Waals surface area contributed by atoms with Crippen LogP contribution in [0, 0.1) is 5.92 Å². The van der Waals surface area contributed by atoms with Crippen LogP contribution in [0.5, 0.6) is 0 Å². The van der Waals surface area contributed by atoms with Crippen molar-refractivity contribution in [2.75, 3.05) is 12.3 Å². The number of hydrogen-bond acceptors (Lipinski definition) is 10. The van der Waals surface area contributed by atoms with Gasteiger partial charge in [0.2, 0.25) is 5.69 Å². The molecule has 2 N–H and O–H groups in total. The van der Waals surface area contributed by atoms with E-state index in [0.717, 1.165) is 25.0 Å². The highest BCUT2D eigenvalue weighted by Crippen LogP contribution is 2.75. The number of allylic oxidation sites excluding steroid dienone is 1. The summed E-state index contributed by atoms with van der Waals surface area (Å²) in [6, 6.07) is 3.85. The van der Waals surface area contributed by atoms with E-state index in [2.05, 4.69) is 30.5 Å². The Hall–Kier alpha value is -1.04. The van der Waals surface area contributed by atoms with Gasteiger partial charge in [-0.1, -0.05) is 23.5 Å². The third-order valence-corrected chi connectivity index (χ3v) is 14.1. The van der Waals surface area contributed by atoms with Crippen molar-refractivity contribution >= 4 is 40.2 Å². The number of nitrogens with two attached hydrogens (primary N) is 1. The van der Waals surface area contributed by atoms with E-state index in [0.29, 0.717) is 17.3 Å². The molecule has 0 amide bonds. The van der Waals surface area contributed by atoms with Crippen LogP contribution in [0.25, 0.3) is 5.52 Å². The zero-order valence-corrected chi connectivity index (χ0v) is 24.4. The minimum Gasteiger partial charge on any atom is -0.382 e. The van der Waals surface area contributed by atoms with Gasteiger partial charge in [0.1, 0.15) is 35.8 Å². The molecule has 0 unspecified atom stereocenters. The molecule has 2 aromatic heterocycles. The van der Waals surface area contributed by atoms with Crippen LogP contribution in [0.3, 0.4) is 0 Å². The Labute approximate surface area is 226 Å². The second-order valence-corrected chi connectivity index (χ2v) is 18.1. The highest BCUT2D eigenvalue weighted by atomic mass is 32.9. The molecule has 9 nitrogen and oxygen atoms in total. The SMILES string of the molecule is C=C(C)[C@H]1CC[C@@]2(C)S[P@@](=S)(OC[C@H]3O[C@@](C)(c4ccc5c(N)ncnn45)[C@@H]4OC(C)(C)O[C@@H]43)O[C@@H]2C1. The molecule has 4 aliphatic rings. The lowest BCUT2D eigenvalue weighted by molar-refractivity contribution is -0.211. The van der Waals surface area contributed by atoms with E-state index in [9.17, 15) is 0 Å². The average molecular weight is 567 g/mol. The van der Waals surface area contributed by atoms with Crippen molar-refractivity contribution in [1.82, 2.24) is 14.6 Å². The maximum absolute atomic E-state index is 6.70. The highest BCUT2D eigenvalue weighted by molar-refractivity contribution is 8.68. The molecule has 1 saturated carbocycles. The predicted octanol–water partition coefficient (Wildman–Crippen LogP) is 4.95. The Kier molecular flexibility index (Phi) is 6.18. The van der Waals surface area contributed by atoms with Crippen molar-refractivity contribution < 1.29 is 23.3 Å². The van der Waals surface area contributed by atoms with Crippen molar-refractivity contribution in [3.05, 3.63) is 36.3 Å². The minimum absolute atomic E-state index is 0.0332. The van der Waals surface area contributed by atoms with Crippen molar-refractivity contribution in [2.24, 2.45) is 5.92 Å². The van der Waals surface area contributed by atoms with Crippen LogP contribution < -0.4 is 5.73 Å². The van der Waals surface area contributed by atoms with Gasteiger partial charge < -0.3 is 29.0 Å². The lowest BCUT2D eigenvalue weighted by atomic mass is 9.77. The normalized spacial score (nSPS) is 42.7. The first kappa shape index (κ1) is 26.2. The fourth-order valence-electron chi connectivity index (χ4n) is 6.21. The predicted molar refractivity (Wildman–Crippen MR) is 147 cm³/mol. The number of anilines is 1. The number of ether oxygens (including phenoxy) is 3. The second-order valence-electron chi connectivity index (χ2n) is 11.5. The summed E-state index contributed by atoms with van der Waals surface area (Å²) in [5, 5.41) is 4.43. The lowest BCUT2D eigenvalue weighted by Gasteiger charge is -2.37. The van der Waals surface area contributed by atoms with Crippen molar-refractivity contribution in [3.63, 3.8) is 0 Å². The molecule has 3 aliphatic heterocycles. The van der Waals surface area contributed by atoms with Gasteiger partial charge in [-0.15, -0.1) is 0 Å². The summed E-state index contributed by atoms with van der Waals surface area (Å²) in [7, 11) is 0. The van der Waals surface area contributed by atoms with Crippen molar-refractivity contribution in [3.8, 4) is 0 Å². The number of aromatic nitrogens is 3. The molecular weight excluding hydrogens is 531 g/mol. The molecule has 5 heterocycles. The van der Waals surface area contributed by atoms with Gasteiger partial charge in [0.25, 0.3) is 0 Å². The Morgan fingerprint density at radius 1 is 1.30 bits per heavy atom. The summed E-state index contributed by atoms with van der Waals surface area (Å²) >= 11 is 7.73. The molecule has 1 aliphatic carbocycles. The van der Waals surface area contributed by atoms with Crippen LogP contribution in [0.1, 0.15) is 59.6 Å². The first-order valence-corrected chi connectivity index (χ1v) is 16.8. The molecule has 0 aromatic carbocycles. The average Bonchev–Trinajstić information content (AvgIpc) is 3.52. The van der Waals surface area contributed by atoms with Gasteiger partial charge in [0.15, 0.2) is 11.6 Å². The molecule has 0 spiro atoms. The van der Waals surface area contributed by atoms with Gasteiger partial charge in [-0.3, -0.25) is 0 Å². The first-order valence-electron chi connectivity index (χ1n) is 12.7. The molecular formula is C25H35N4O5PS2. The molecule has 8 atom stereocenters. The molecule has 37 heavy (non-hydrogen) atoms. The van der Waals surface area contributed by atoms with Crippen molar-refractivity contribution in [2.45, 2.75) is 94.4 Å². The molecule has 0 radical (unpaired) electrons. The van der Waals surface area contributed by atoms with Gasteiger partial charge in [-0.25, -0.2) is 9.50 Å². The Morgan fingerprint density at radius 3 is 2.84 bits per heavy atom. The molecule has 202 valence electrons. The fourth-order valence-corrected chi connectivity index (χ4v) is 13.3. The molecule has 4 fully saturated rings. The lowest BCUT2D eigenvalue weighted by Crippen LogP contribution is -2.39. The van der Waals surface area contributed by atoms with E-state index in [1.165, 1.54) is 11.9 Å². The Morgan fingerprint density at radius 2 is 2.08 bits per heavy atom. The van der Waals surface area contributed by atoms with Crippen LogP contribution >= 0.6 is 17.1 Å². The van der Waals surface area contributed by atoms with Gasteiger partial charge in [0.05, 0.1) is 18.4 Å². The summed E-state index contributed by atoms with van der Waals surface area (Å²) < 4.78 is 34.1. The number of nitrogens with zero attached hydrogens (tertiary/aromatic N) is 3.